The van der Waals surface area contributed by atoms with Crippen molar-refractivity contribution in [3.8, 4) is 0 Å². The second kappa shape index (κ2) is 8.06. The molecule has 1 aliphatic rings. The Morgan fingerprint density at radius 1 is 1.31 bits per heavy atom. The maximum Gasteiger partial charge on any atom is 0.255 e. The van der Waals surface area contributed by atoms with Crippen LogP contribution >= 0.6 is 22.9 Å². The zero-order valence-corrected chi connectivity index (χ0v) is 16.6. The molecule has 2 aromatic rings. The Balaban J connectivity index is 1.86. The molecule has 3 rings (SSSR count). The summed E-state index contributed by atoms with van der Waals surface area (Å²) in [6, 6.07) is 8.11. The lowest BCUT2D eigenvalue weighted by Gasteiger charge is -2.26. The van der Waals surface area contributed by atoms with Gasteiger partial charge in [0.05, 0.1) is 35.2 Å². The van der Waals surface area contributed by atoms with Crippen LogP contribution in [0.25, 0.3) is 0 Å². The van der Waals surface area contributed by atoms with E-state index in [0.717, 1.165) is 4.88 Å². The molecule has 1 aromatic carbocycles. The van der Waals surface area contributed by atoms with Crippen LogP contribution in [0.5, 0.6) is 0 Å². The van der Waals surface area contributed by atoms with E-state index in [4.69, 9.17) is 16.3 Å². The Hall–Kier alpha value is -1.45. The van der Waals surface area contributed by atoms with Crippen molar-refractivity contribution in [3.63, 3.8) is 0 Å². The van der Waals surface area contributed by atoms with Gasteiger partial charge in [-0.25, -0.2) is 8.42 Å². The number of sulfonamides is 1. The maximum atomic E-state index is 12.8. The number of carbonyl (C=O) groups excluding carboxylic acids is 1. The molecule has 1 aliphatic heterocycles. The zero-order valence-electron chi connectivity index (χ0n) is 14.2. The number of nitrogens with zero attached hydrogens (tertiary/aromatic N) is 2. The van der Waals surface area contributed by atoms with Gasteiger partial charge < -0.3 is 9.64 Å². The van der Waals surface area contributed by atoms with E-state index in [9.17, 15) is 13.2 Å². The Bertz CT molecular complexity index is 878. The number of hydrogen-bond acceptors (Lipinski definition) is 5. The third-order valence-electron chi connectivity index (χ3n) is 4.10. The van der Waals surface area contributed by atoms with Crippen LogP contribution in [-0.2, 0) is 21.3 Å². The quantitative estimate of drug-likeness (QED) is 0.754. The molecular weight excluding hydrogens is 396 g/mol. The molecule has 1 fully saturated rings. The van der Waals surface area contributed by atoms with Gasteiger partial charge in [-0.1, -0.05) is 17.7 Å². The maximum absolute atomic E-state index is 12.8. The van der Waals surface area contributed by atoms with E-state index >= 15 is 0 Å². The van der Waals surface area contributed by atoms with Crippen molar-refractivity contribution in [3.05, 3.63) is 51.2 Å². The molecule has 0 radical (unpaired) electrons. The van der Waals surface area contributed by atoms with E-state index in [-0.39, 0.29) is 21.4 Å². The first kappa shape index (κ1) is 19.3. The molecule has 0 atom stereocenters. The van der Waals surface area contributed by atoms with Crippen LogP contribution in [0.2, 0.25) is 5.02 Å². The minimum absolute atomic E-state index is 0.0664. The lowest BCUT2D eigenvalue weighted by molar-refractivity contribution is 0.0730. The van der Waals surface area contributed by atoms with Crippen molar-refractivity contribution in [2.75, 3.05) is 33.4 Å². The average molecular weight is 415 g/mol. The Labute approximate surface area is 162 Å². The smallest absolute Gasteiger partial charge is 0.255 e. The van der Waals surface area contributed by atoms with Crippen LogP contribution in [0, 0.1) is 0 Å². The molecule has 1 amide bonds. The summed E-state index contributed by atoms with van der Waals surface area (Å²) in [5.74, 6) is -0.317. The summed E-state index contributed by atoms with van der Waals surface area (Å²) in [6.07, 6.45) is 0. The van der Waals surface area contributed by atoms with Crippen LogP contribution in [0.1, 0.15) is 15.2 Å². The Morgan fingerprint density at radius 2 is 2.04 bits per heavy atom. The number of amides is 1. The zero-order chi connectivity index (χ0) is 18.7. The molecule has 6 nitrogen and oxygen atoms in total. The van der Waals surface area contributed by atoms with Gasteiger partial charge in [0, 0.05) is 25.0 Å². The Morgan fingerprint density at radius 3 is 2.69 bits per heavy atom. The van der Waals surface area contributed by atoms with Gasteiger partial charge in [-0.15, -0.1) is 11.3 Å². The van der Waals surface area contributed by atoms with Crippen molar-refractivity contribution in [2.45, 2.75) is 11.4 Å². The van der Waals surface area contributed by atoms with Gasteiger partial charge in [0.1, 0.15) is 0 Å². The van der Waals surface area contributed by atoms with Crippen molar-refractivity contribution < 1.29 is 17.9 Å². The topological polar surface area (TPSA) is 66.9 Å². The molecular formula is C17H19ClN2O4S2. The molecule has 140 valence electrons. The van der Waals surface area contributed by atoms with Gasteiger partial charge in [0.15, 0.2) is 0 Å². The molecule has 0 N–H and O–H groups in total. The number of halogens is 1. The summed E-state index contributed by atoms with van der Waals surface area (Å²) in [6.45, 7) is 1.76. The van der Waals surface area contributed by atoms with Crippen molar-refractivity contribution in [2.24, 2.45) is 0 Å². The number of hydrogen-bond donors (Lipinski definition) is 0. The van der Waals surface area contributed by atoms with Gasteiger partial charge in [-0.3, -0.25) is 4.79 Å². The molecule has 2 heterocycles. The number of ether oxygens (including phenoxy) is 1. The fraction of sp³-hybridized carbons (Fsp3) is 0.353. The van der Waals surface area contributed by atoms with Gasteiger partial charge in [-0.05, 0) is 29.6 Å². The molecule has 9 heteroatoms. The first-order valence-corrected chi connectivity index (χ1v) is 10.7. The average Bonchev–Trinajstić information content (AvgIpc) is 3.15. The highest BCUT2D eigenvalue weighted by Crippen LogP contribution is 2.25. The highest BCUT2D eigenvalue weighted by Gasteiger charge is 2.28. The van der Waals surface area contributed by atoms with Crippen LogP contribution in [0.3, 0.4) is 0 Å². The molecule has 0 unspecified atom stereocenters. The lowest BCUT2D eigenvalue weighted by atomic mass is 10.2. The second-order valence-corrected chi connectivity index (χ2v) is 9.28. The number of thiophene rings is 1. The van der Waals surface area contributed by atoms with E-state index in [1.807, 2.05) is 17.5 Å². The summed E-state index contributed by atoms with van der Waals surface area (Å²) < 4.78 is 32.2. The minimum Gasteiger partial charge on any atom is -0.379 e. The van der Waals surface area contributed by atoms with Crippen LogP contribution < -0.4 is 0 Å². The van der Waals surface area contributed by atoms with Gasteiger partial charge in [0.25, 0.3) is 5.91 Å². The summed E-state index contributed by atoms with van der Waals surface area (Å²) in [5, 5.41) is 2.17. The van der Waals surface area contributed by atoms with E-state index < -0.39 is 10.0 Å². The molecule has 0 bridgehead atoms. The largest absolute Gasteiger partial charge is 0.379 e. The van der Waals surface area contributed by atoms with Gasteiger partial charge in [0.2, 0.25) is 10.0 Å². The minimum atomic E-state index is -3.68. The molecule has 1 saturated heterocycles. The highest BCUT2D eigenvalue weighted by molar-refractivity contribution is 7.89. The number of carbonyl (C=O) groups is 1. The van der Waals surface area contributed by atoms with E-state index in [1.165, 1.54) is 27.4 Å². The summed E-state index contributed by atoms with van der Waals surface area (Å²) >= 11 is 7.73. The fourth-order valence-electron chi connectivity index (χ4n) is 2.68. The monoisotopic (exact) mass is 414 g/mol. The first-order chi connectivity index (χ1) is 12.4. The summed E-state index contributed by atoms with van der Waals surface area (Å²) in [5.41, 5.74) is 0.181. The summed E-state index contributed by atoms with van der Waals surface area (Å²) in [7, 11) is -2.02. The highest BCUT2D eigenvalue weighted by atomic mass is 35.5. The molecule has 1 aromatic heterocycles. The number of benzene rings is 1. The molecule has 26 heavy (non-hydrogen) atoms. The Kier molecular flexibility index (Phi) is 5.99. The lowest BCUT2D eigenvalue weighted by Crippen LogP contribution is -2.40. The SMILES string of the molecule is CN(Cc1cccs1)C(=O)c1cc(S(=O)(=O)N2CCOCC2)ccc1Cl. The summed E-state index contributed by atoms with van der Waals surface area (Å²) in [4.78, 5) is 15.4. The van der Waals surface area contributed by atoms with E-state index in [0.29, 0.717) is 32.8 Å². The third kappa shape index (κ3) is 4.10. The standard InChI is InChI=1S/C17H19ClN2O4S2/c1-19(12-13-3-2-10-25-13)17(21)15-11-14(4-5-16(15)18)26(22,23)20-6-8-24-9-7-20/h2-5,10-11H,6-9,12H2,1H3. The predicted molar refractivity (Wildman–Crippen MR) is 101 cm³/mol. The van der Waals surface area contributed by atoms with Crippen LogP contribution in [-0.4, -0.2) is 56.9 Å². The van der Waals surface area contributed by atoms with E-state index in [2.05, 4.69) is 0 Å². The van der Waals surface area contributed by atoms with Crippen LogP contribution in [0.15, 0.2) is 40.6 Å². The molecule has 0 saturated carbocycles. The normalized spacial score (nSPS) is 15.8. The van der Waals surface area contributed by atoms with Crippen molar-refractivity contribution in [1.29, 1.82) is 0 Å². The van der Waals surface area contributed by atoms with Crippen molar-refractivity contribution in [1.82, 2.24) is 9.21 Å². The van der Waals surface area contributed by atoms with Crippen LogP contribution in [0.4, 0.5) is 0 Å². The first-order valence-electron chi connectivity index (χ1n) is 8.05. The fourth-order valence-corrected chi connectivity index (χ4v) is 5.07. The van der Waals surface area contributed by atoms with E-state index in [1.54, 1.807) is 18.4 Å². The van der Waals surface area contributed by atoms with Crippen molar-refractivity contribution >= 4 is 38.9 Å². The second-order valence-electron chi connectivity index (χ2n) is 5.90. The molecule has 0 aliphatic carbocycles. The van der Waals surface area contributed by atoms with Gasteiger partial charge in [-0.2, -0.15) is 4.31 Å². The molecule has 0 spiro atoms. The third-order valence-corrected chi connectivity index (χ3v) is 7.18. The number of rotatable bonds is 5. The predicted octanol–water partition coefficient (Wildman–Crippen LogP) is 2.69. The van der Waals surface area contributed by atoms with Gasteiger partial charge >= 0.3 is 0 Å². The number of morpholine rings is 1.